The van der Waals surface area contributed by atoms with E-state index in [-0.39, 0.29) is 27.7 Å². The number of hydrogen-bond acceptors (Lipinski definition) is 5. The maximum Gasteiger partial charge on any atom is 0.263 e. The van der Waals surface area contributed by atoms with Gasteiger partial charge in [0.15, 0.2) is 16.6 Å². The number of carbonyl (C=O) groups is 2. The highest BCUT2D eigenvalue weighted by Crippen LogP contribution is 2.41. The second kappa shape index (κ2) is 6.76. The molecule has 0 aliphatic carbocycles. The highest BCUT2D eigenvalue weighted by molar-refractivity contribution is 9.13. The van der Waals surface area contributed by atoms with Crippen molar-refractivity contribution >= 4 is 67.1 Å². The smallest absolute Gasteiger partial charge is 0.263 e. The van der Waals surface area contributed by atoms with Crippen LogP contribution in [0.1, 0.15) is 12.5 Å². The highest BCUT2D eigenvalue weighted by atomic mass is 79.9. The van der Waals surface area contributed by atoms with Gasteiger partial charge in [0.05, 0.1) is 6.61 Å². The zero-order valence-electron chi connectivity index (χ0n) is 11.2. The molecule has 3 N–H and O–H groups in total. The van der Waals surface area contributed by atoms with Crippen LogP contribution in [0.15, 0.2) is 20.6 Å². The maximum atomic E-state index is 11.9. The van der Waals surface area contributed by atoms with Gasteiger partial charge in [0, 0.05) is 14.5 Å². The fraction of sp³-hybridized carbons (Fsp3) is 0.154. The molecule has 1 heterocycles. The van der Waals surface area contributed by atoms with E-state index in [2.05, 4.69) is 42.5 Å². The number of amides is 2. The third-order valence-corrected chi connectivity index (χ3v) is 4.94. The van der Waals surface area contributed by atoms with Gasteiger partial charge in [0.25, 0.3) is 11.8 Å². The van der Waals surface area contributed by atoms with E-state index in [9.17, 15) is 14.7 Å². The highest BCUT2D eigenvalue weighted by Gasteiger charge is 2.27. The first kappa shape index (κ1) is 16.9. The summed E-state index contributed by atoms with van der Waals surface area (Å²) >= 11 is 11.3. The molecular formula is C13H10Br2N2O4S. The lowest BCUT2D eigenvalue weighted by atomic mass is 10.1. The summed E-state index contributed by atoms with van der Waals surface area (Å²) in [5.74, 6) is -1.23. The van der Waals surface area contributed by atoms with E-state index < -0.39 is 11.8 Å². The van der Waals surface area contributed by atoms with Crippen molar-refractivity contribution in [1.82, 2.24) is 10.6 Å². The summed E-state index contributed by atoms with van der Waals surface area (Å²) in [7, 11) is 0. The fourth-order valence-corrected chi connectivity index (χ4v) is 2.78. The molecule has 116 valence electrons. The number of nitrogens with one attached hydrogen (secondary N) is 2. The molecule has 0 radical (unpaired) electrons. The molecule has 1 aliphatic heterocycles. The number of hydrogen-bond donors (Lipinski definition) is 3. The van der Waals surface area contributed by atoms with Gasteiger partial charge in [-0.25, -0.2) is 0 Å². The van der Waals surface area contributed by atoms with Crippen LogP contribution in [0.4, 0.5) is 0 Å². The quantitative estimate of drug-likeness (QED) is 0.374. The van der Waals surface area contributed by atoms with E-state index in [4.69, 9.17) is 17.0 Å². The first-order chi connectivity index (χ1) is 10.3. The molecule has 2 rings (SSSR count). The van der Waals surface area contributed by atoms with Crippen LogP contribution in [0.3, 0.4) is 0 Å². The van der Waals surface area contributed by atoms with E-state index in [1.807, 2.05) is 0 Å². The predicted octanol–water partition coefficient (Wildman–Crippen LogP) is 2.23. The third-order valence-electron chi connectivity index (χ3n) is 2.72. The molecule has 6 nitrogen and oxygen atoms in total. The molecule has 0 saturated carbocycles. The molecule has 0 atom stereocenters. The Morgan fingerprint density at radius 1 is 1.32 bits per heavy atom. The Bertz CT molecular complexity index is 696. The van der Waals surface area contributed by atoms with Crippen LogP contribution in [-0.2, 0) is 9.59 Å². The number of halogens is 2. The van der Waals surface area contributed by atoms with Crippen molar-refractivity contribution in [2.24, 2.45) is 0 Å². The summed E-state index contributed by atoms with van der Waals surface area (Å²) in [5.41, 5.74) is 0.0658. The van der Waals surface area contributed by atoms with E-state index in [1.54, 1.807) is 13.0 Å². The van der Waals surface area contributed by atoms with E-state index in [0.717, 1.165) is 0 Å². The second-order valence-corrected chi connectivity index (χ2v) is 6.22. The number of carbonyl (C=O) groups excluding carboxylic acids is 2. The predicted molar refractivity (Wildman–Crippen MR) is 91.5 cm³/mol. The second-order valence-electron chi connectivity index (χ2n) is 4.16. The number of rotatable bonds is 3. The Morgan fingerprint density at radius 2 is 1.91 bits per heavy atom. The molecule has 0 unspecified atom stereocenters. The number of ether oxygens (including phenoxy) is 1. The zero-order valence-corrected chi connectivity index (χ0v) is 15.2. The van der Waals surface area contributed by atoms with Crippen molar-refractivity contribution in [2.45, 2.75) is 6.92 Å². The third kappa shape index (κ3) is 3.31. The Balaban J connectivity index is 2.57. The molecule has 0 spiro atoms. The lowest BCUT2D eigenvalue weighted by Gasteiger charge is -2.17. The van der Waals surface area contributed by atoms with Crippen LogP contribution in [0, 0.1) is 0 Å². The SMILES string of the molecule is CCOc1cc(Br)c(Br)c(C=C2C(=O)NC(=S)NC2=O)c1O. The first-order valence-electron chi connectivity index (χ1n) is 6.07. The summed E-state index contributed by atoms with van der Waals surface area (Å²) in [4.78, 5) is 23.7. The van der Waals surface area contributed by atoms with Crippen LogP contribution in [-0.4, -0.2) is 28.6 Å². The Kier molecular flexibility index (Phi) is 5.20. The fourth-order valence-electron chi connectivity index (χ4n) is 1.76. The van der Waals surface area contributed by atoms with Crippen molar-refractivity contribution in [3.63, 3.8) is 0 Å². The average molecular weight is 450 g/mol. The van der Waals surface area contributed by atoms with Crippen LogP contribution >= 0.6 is 44.1 Å². The Labute approximate surface area is 148 Å². The molecule has 0 bridgehead atoms. The standard InChI is InChI=1S/C13H10Br2N2O4S/c1-2-21-8-4-7(14)9(15)5(10(8)18)3-6-11(19)16-13(22)17-12(6)20/h3-4,18H,2H2,1H3,(H2,16,17,19,20,22). The van der Waals surface area contributed by atoms with Gasteiger partial charge in [-0.15, -0.1) is 0 Å². The molecule has 1 aromatic rings. The summed E-state index contributed by atoms with van der Waals surface area (Å²) in [6.07, 6.45) is 1.26. The molecule has 1 saturated heterocycles. The monoisotopic (exact) mass is 448 g/mol. The molecule has 9 heteroatoms. The summed E-state index contributed by atoms with van der Waals surface area (Å²) in [6.45, 7) is 2.13. The average Bonchev–Trinajstić information content (AvgIpc) is 2.43. The van der Waals surface area contributed by atoms with E-state index in [0.29, 0.717) is 15.6 Å². The number of thiocarbonyl (C=S) groups is 1. The van der Waals surface area contributed by atoms with Gasteiger partial charge >= 0.3 is 0 Å². The minimum Gasteiger partial charge on any atom is -0.504 e. The summed E-state index contributed by atoms with van der Waals surface area (Å²) in [5, 5.41) is 14.9. The van der Waals surface area contributed by atoms with Gasteiger partial charge in [-0.1, -0.05) is 0 Å². The summed E-state index contributed by atoms with van der Waals surface area (Å²) in [6, 6.07) is 1.58. The maximum absolute atomic E-state index is 11.9. The Morgan fingerprint density at radius 3 is 2.45 bits per heavy atom. The lowest BCUT2D eigenvalue weighted by molar-refractivity contribution is -0.123. The van der Waals surface area contributed by atoms with Crippen LogP contribution in [0.25, 0.3) is 6.08 Å². The van der Waals surface area contributed by atoms with Crippen molar-refractivity contribution in [3.8, 4) is 11.5 Å². The van der Waals surface area contributed by atoms with Crippen LogP contribution in [0.2, 0.25) is 0 Å². The molecule has 0 aromatic heterocycles. The van der Waals surface area contributed by atoms with Crippen LogP contribution < -0.4 is 15.4 Å². The molecule has 2 amide bonds. The normalized spacial score (nSPS) is 14.5. The molecule has 1 aromatic carbocycles. The van der Waals surface area contributed by atoms with E-state index in [1.165, 1.54) is 6.08 Å². The number of aromatic hydroxyl groups is 1. The van der Waals surface area contributed by atoms with Gasteiger partial charge < -0.3 is 9.84 Å². The van der Waals surface area contributed by atoms with Gasteiger partial charge in [-0.2, -0.15) is 0 Å². The number of phenolic OH excluding ortho intramolecular Hbond substituents is 1. The number of benzene rings is 1. The van der Waals surface area contributed by atoms with E-state index >= 15 is 0 Å². The largest absolute Gasteiger partial charge is 0.504 e. The summed E-state index contributed by atoms with van der Waals surface area (Å²) < 4.78 is 6.41. The zero-order chi connectivity index (χ0) is 16.4. The van der Waals surface area contributed by atoms with Gasteiger partial charge in [-0.05, 0) is 63.1 Å². The molecule has 1 fully saturated rings. The van der Waals surface area contributed by atoms with Crippen molar-refractivity contribution < 1.29 is 19.4 Å². The Hall–Kier alpha value is -1.45. The minimum atomic E-state index is -0.641. The van der Waals surface area contributed by atoms with Crippen molar-refractivity contribution in [1.29, 1.82) is 0 Å². The first-order valence-corrected chi connectivity index (χ1v) is 8.06. The molecule has 1 aliphatic rings. The van der Waals surface area contributed by atoms with Crippen LogP contribution in [0.5, 0.6) is 11.5 Å². The van der Waals surface area contributed by atoms with Gasteiger partial charge in [0.1, 0.15) is 5.57 Å². The van der Waals surface area contributed by atoms with Crippen molar-refractivity contribution in [3.05, 3.63) is 26.1 Å². The van der Waals surface area contributed by atoms with Gasteiger partial charge in [0.2, 0.25) is 0 Å². The van der Waals surface area contributed by atoms with Gasteiger partial charge in [-0.3, -0.25) is 20.2 Å². The lowest BCUT2D eigenvalue weighted by Crippen LogP contribution is -2.51. The number of phenols is 1. The minimum absolute atomic E-state index is 0.0558. The topological polar surface area (TPSA) is 87.7 Å². The molecule has 22 heavy (non-hydrogen) atoms. The van der Waals surface area contributed by atoms with Crippen molar-refractivity contribution in [2.75, 3.05) is 6.61 Å². The molecular weight excluding hydrogens is 440 g/mol.